The van der Waals surface area contributed by atoms with E-state index < -0.39 is 18.4 Å². The molecule has 3 aliphatic carbocycles. The number of amides is 1. The number of ketones is 1. The highest BCUT2D eigenvalue weighted by Gasteiger charge is 2.68. The van der Waals surface area contributed by atoms with Crippen LogP contribution in [0.3, 0.4) is 0 Å². The number of carbonyl (C=O) groups is 2. The summed E-state index contributed by atoms with van der Waals surface area (Å²) < 4.78 is 70.4. The molecule has 1 aromatic heterocycles. The number of alkyl halides is 4. The van der Waals surface area contributed by atoms with Gasteiger partial charge in [0.2, 0.25) is 5.88 Å². The van der Waals surface area contributed by atoms with Crippen LogP contribution in [0.2, 0.25) is 0 Å². The first-order chi connectivity index (χ1) is 16.5. The molecule has 13 heteroatoms. The average Bonchev–Trinajstić information content (AvgIpc) is 3.07. The molecular weight excluding hydrogens is 478 g/mol. The van der Waals surface area contributed by atoms with Gasteiger partial charge in [-0.1, -0.05) is 0 Å². The number of carbonyl (C=O) groups excluding carboxylic acids is 2. The van der Waals surface area contributed by atoms with Crippen LogP contribution >= 0.6 is 0 Å². The molecule has 6 rings (SSSR count). The fourth-order valence-corrected chi connectivity index (χ4v) is 4.96. The Morgan fingerprint density at radius 2 is 1.77 bits per heavy atom. The van der Waals surface area contributed by atoms with Crippen molar-refractivity contribution in [2.75, 3.05) is 13.2 Å². The number of nitrogens with one attached hydrogen (secondary N) is 1. The molecule has 1 amide bonds. The number of halogens is 4. The van der Waals surface area contributed by atoms with E-state index in [4.69, 9.17) is 9.47 Å². The number of Topliss-reactive ketones (excluding diaryl/α,β-unsaturated/α-hetero) is 1. The molecule has 35 heavy (non-hydrogen) atoms. The van der Waals surface area contributed by atoms with Gasteiger partial charge >= 0.3 is 6.29 Å². The highest BCUT2D eigenvalue weighted by molar-refractivity contribution is 5.82. The number of nitrogens with zero attached hydrogens (tertiary/aromatic N) is 2. The van der Waals surface area contributed by atoms with Gasteiger partial charge in [-0.25, -0.2) is 18.7 Å². The molecule has 9 nitrogen and oxygen atoms in total. The fraction of sp³-hybridized carbons (Fsp3) is 0.455. The molecule has 0 spiro atoms. The number of rotatable bonds is 10. The number of fused-ring (bicyclic) bond motifs is 1. The van der Waals surface area contributed by atoms with Crippen LogP contribution in [-0.2, 0) is 9.59 Å². The Labute approximate surface area is 195 Å². The summed E-state index contributed by atoms with van der Waals surface area (Å²) in [5.74, 6) is -0.680. The topological polar surface area (TPSA) is 109 Å². The lowest BCUT2D eigenvalue weighted by molar-refractivity contribution is -0.286. The summed E-state index contributed by atoms with van der Waals surface area (Å²) in [6.45, 7) is -0.567. The summed E-state index contributed by atoms with van der Waals surface area (Å²) >= 11 is 0. The number of hydrogen-bond donors (Lipinski definition) is 1. The summed E-state index contributed by atoms with van der Waals surface area (Å²) in [5.41, 5.74) is -1.05. The first kappa shape index (κ1) is 23.1. The van der Waals surface area contributed by atoms with Crippen molar-refractivity contribution in [2.45, 2.75) is 43.9 Å². The van der Waals surface area contributed by atoms with Crippen LogP contribution in [0.4, 0.5) is 17.6 Å². The third-order valence-electron chi connectivity index (χ3n) is 6.11. The quantitative estimate of drug-likeness (QED) is 0.499. The van der Waals surface area contributed by atoms with E-state index in [-0.39, 0.29) is 65.4 Å². The van der Waals surface area contributed by atoms with Crippen LogP contribution in [0.5, 0.6) is 23.1 Å². The van der Waals surface area contributed by atoms with Crippen LogP contribution < -0.4 is 24.3 Å². The van der Waals surface area contributed by atoms with E-state index >= 15 is 0 Å². The van der Waals surface area contributed by atoms with Gasteiger partial charge in [0.05, 0.1) is 12.4 Å². The van der Waals surface area contributed by atoms with E-state index in [0.29, 0.717) is 19.3 Å². The minimum Gasteiger partial charge on any atom is -0.484 e. The summed E-state index contributed by atoms with van der Waals surface area (Å²) in [5, 5.41) is 2.90. The second-order valence-electron chi connectivity index (χ2n) is 9.01. The van der Waals surface area contributed by atoms with Crippen molar-refractivity contribution in [3.63, 3.8) is 0 Å². The van der Waals surface area contributed by atoms with E-state index in [1.807, 2.05) is 0 Å². The van der Waals surface area contributed by atoms with Crippen molar-refractivity contribution in [1.29, 1.82) is 0 Å². The third-order valence-corrected chi connectivity index (χ3v) is 6.11. The summed E-state index contributed by atoms with van der Waals surface area (Å²) in [6.07, 6.45) is -2.35. The normalized spacial score (nSPS) is 24.8. The Bertz CT molecular complexity index is 1140. The van der Waals surface area contributed by atoms with E-state index in [1.165, 1.54) is 18.2 Å². The number of hydrogen-bond acceptors (Lipinski definition) is 8. The third kappa shape index (κ3) is 4.80. The van der Waals surface area contributed by atoms with Gasteiger partial charge in [0.25, 0.3) is 12.3 Å². The van der Waals surface area contributed by atoms with E-state index in [1.54, 1.807) is 0 Å². The average molecular weight is 497 g/mol. The standard InChI is InChI=1S/C22H19F4N3O6/c23-19(24)14-5-28-18(6-27-14)33-7-12(30)4-20-9-21(10-20,11-20)29-17(31)8-32-13-1-2-15-16(3-13)35-22(25,26)34-15/h1-3,5-6,19H,4,7-11H2,(H,29,31). The molecule has 186 valence electrons. The highest BCUT2D eigenvalue weighted by atomic mass is 19.3. The van der Waals surface area contributed by atoms with Crippen molar-refractivity contribution in [1.82, 2.24) is 15.3 Å². The van der Waals surface area contributed by atoms with Gasteiger partial charge in [0, 0.05) is 18.0 Å². The molecule has 2 aromatic rings. The Hall–Kier alpha value is -3.64. The maximum Gasteiger partial charge on any atom is 0.586 e. The second-order valence-corrected chi connectivity index (χ2v) is 9.01. The zero-order chi connectivity index (χ0) is 24.8. The van der Waals surface area contributed by atoms with Crippen molar-refractivity contribution in [3.8, 4) is 23.1 Å². The van der Waals surface area contributed by atoms with Gasteiger partial charge in [-0.05, 0) is 36.8 Å². The largest absolute Gasteiger partial charge is 0.586 e. The Balaban J connectivity index is 1.02. The molecule has 2 heterocycles. The molecule has 4 aliphatic rings. The predicted molar refractivity (Wildman–Crippen MR) is 107 cm³/mol. The van der Waals surface area contributed by atoms with E-state index in [2.05, 4.69) is 24.8 Å². The Kier molecular flexibility index (Phi) is 5.44. The minimum atomic E-state index is -3.73. The fourth-order valence-electron chi connectivity index (χ4n) is 4.96. The molecule has 0 atom stereocenters. The molecule has 2 bridgehead atoms. The van der Waals surface area contributed by atoms with Gasteiger partial charge in [-0.3, -0.25) is 9.59 Å². The number of benzene rings is 1. The summed E-state index contributed by atoms with van der Waals surface area (Å²) in [4.78, 5) is 31.8. The van der Waals surface area contributed by atoms with Crippen molar-refractivity contribution in [2.24, 2.45) is 5.41 Å². The number of aromatic nitrogens is 2. The van der Waals surface area contributed by atoms with Crippen molar-refractivity contribution in [3.05, 3.63) is 36.3 Å². The Morgan fingerprint density at radius 1 is 1.03 bits per heavy atom. The first-order valence-electron chi connectivity index (χ1n) is 10.6. The predicted octanol–water partition coefficient (Wildman–Crippen LogP) is 3.19. The highest BCUT2D eigenvalue weighted by Crippen LogP contribution is 2.69. The molecule has 0 saturated heterocycles. The molecule has 0 unspecified atom stereocenters. The van der Waals surface area contributed by atoms with Crippen LogP contribution in [-0.4, -0.2) is 46.7 Å². The molecular formula is C22H19F4N3O6. The smallest absolute Gasteiger partial charge is 0.484 e. The van der Waals surface area contributed by atoms with Gasteiger partial charge in [-0.2, -0.15) is 0 Å². The molecule has 1 aliphatic heterocycles. The molecule has 3 fully saturated rings. The molecule has 0 radical (unpaired) electrons. The maximum atomic E-state index is 13.1. The van der Waals surface area contributed by atoms with Crippen LogP contribution in [0.25, 0.3) is 0 Å². The lowest BCUT2D eigenvalue weighted by Crippen LogP contribution is -2.75. The van der Waals surface area contributed by atoms with Gasteiger partial charge in [0.15, 0.2) is 23.9 Å². The van der Waals surface area contributed by atoms with Crippen molar-refractivity contribution < 1.29 is 46.1 Å². The van der Waals surface area contributed by atoms with Gasteiger partial charge in [0.1, 0.15) is 18.1 Å². The Morgan fingerprint density at radius 3 is 2.46 bits per heavy atom. The number of ether oxygens (including phenoxy) is 4. The summed E-state index contributed by atoms with van der Waals surface area (Å²) in [7, 11) is 0. The first-order valence-corrected chi connectivity index (χ1v) is 10.6. The van der Waals surface area contributed by atoms with Crippen LogP contribution in [0.15, 0.2) is 30.6 Å². The van der Waals surface area contributed by atoms with E-state index in [9.17, 15) is 27.2 Å². The molecule has 3 saturated carbocycles. The van der Waals surface area contributed by atoms with Crippen LogP contribution in [0, 0.1) is 5.41 Å². The lowest BCUT2D eigenvalue weighted by atomic mass is 9.38. The zero-order valence-corrected chi connectivity index (χ0v) is 18.1. The molecule has 1 aromatic carbocycles. The van der Waals surface area contributed by atoms with E-state index in [0.717, 1.165) is 12.4 Å². The zero-order valence-electron chi connectivity index (χ0n) is 18.1. The van der Waals surface area contributed by atoms with Crippen LogP contribution in [0.1, 0.15) is 37.8 Å². The monoisotopic (exact) mass is 497 g/mol. The SMILES string of the molecule is O=C(COc1cnc(C(F)F)cn1)CC12CC(NC(=O)COc3ccc4c(c3)OC(F)(F)O4)(C1)C2. The molecule has 1 N–H and O–H groups in total. The van der Waals surface area contributed by atoms with Gasteiger partial charge < -0.3 is 24.3 Å². The van der Waals surface area contributed by atoms with Gasteiger partial charge in [-0.15, -0.1) is 8.78 Å². The minimum absolute atomic E-state index is 0.0137. The second kappa shape index (κ2) is 8.24. The van der Waals surface area contributed by atoms with Crippen molar-refractivity contribution >= 4 is 11.7 Å². The lowest BCUT2D eigenvalue weighted by Gasteiger charge is -2.70. The maximum absolute atomic E-state index is 13.1. The summed E-state index contributed by atoms with van der Waals surface area (Å²) in [6, 6.07) is 3.87.